The van der Waals surface area contributed by atoms with Crippen molar-refractivity contribution < 1.29 is 4.79 Å². The van der Waals surface area contributed by atoms with Crippen molar-refractivity contribution in [3.63, 3.8) is 0 Å². The third-order valence-electron chi connectivity index (χ3n) is 4.32. The summed E-state index contributed by atoms with van der Waals surface area (Å²) >= 11 is 0. The summed E-state index contributed by atoms with van der Waals surface area (Å²) in [5.41, 5.74) is 2.49. The summed E-state index contributed by atoms with van der Waals surface area (Å²) in [6.45, 7) is 4.85. The van der Waals surface area contributed by atoms with Gasteiger partial charge in [0, 0.05) is 26.2 Å². The number of carbonyl (C=O) groups is 1. The highest BCUT2D eigenvalue weighted by Crippen LogP contribution is 2.30. The summed E-state index contributed by atoms with van der Waals surface area (Å²) in [5.74, 6) is 0. The molecule has 2 saturated heterocycles. The summed E-state index contributed by atoms with van der Waals surface area (Å²) in [6.07, 6.45) is 1.07. The van der Waals surface area contributed by atoms with Crippen LogP contribution in [0.15, 0.2) is 24.3 Å². The molecule has 1 N–H and O–H groups in total. The first-order chi connectivity index (χ1) is 9.16. The van der Waals surface area contributed by atoms with Gasteiger partial charge in [-0.05, 0) is 25.5 Å². The molecule has 2 fully saturated rings. The van der Waals surface area contributed by atoms with Crippen molar-refractivity contribution in [1.29, 1.82) is 0 Å². The molecular formula is C15H21N3O. The van der Waals surface area contributed by atoms with Gasteiger partial charge in [-0.3, -0.25) is 0 Å². The van der Waals surface area contributed by atoms with Crippen LogP contribution in [0.25, 0.3) is 0 Å². The summed E-state index contributed by atoms with van der Waals surface area (Å²) < 4.78 is 0. The Morgan fingerprint density at radius 2 is 2.00 bits per heavy atom. The minimum absolute atomic E-state index is 0.166. The Kier molecular flexibility index (Phi) is 3.19. The number of benzene rings is 1. The van der Waals surface area contributed by atoms with Crippen LogP contribution in [0.5, 0.6) is 0 Å². The minimum Gasteiger partial charge on any atom is -0.319 e. The van der Waals surface area contributed by atoms with Crippen molar-refractivity contribution in [3.05, 3.63) is 35.4 Å². The molecule has 2 heterocycles. The van der Waals surface area contributed by atoms with Crippen molar-refractivity contribution in [1.82, 2.24) is 15.1 Å². The fourth-order valence-electron chi connectivity index (χ4n) is 3.05. The maximum atomic E-state index is 12.4. The van der Waals surface area contributed by atoms with Crippen LogP contribution in [0.4, 0.5) is 4.79 Å². The van der Waals surface area contributed by atoms with Gasteiger partial charge in [0.25, 0.3) is 0 Å². The molecular weight excluding hydrogens is 238 g/mol. The molecule has 0 spiro atoms. The van der Waals surface area contributed by atoms with Crippen LogP contribution >= 0.6 is 0 Å². The first kappa shape index (κ1) is 12.5. The van der Waals surface area contributed by atoms with Gasteiger partial charge in [0.2, 0.25) is 0 Å². The number of hydrogen-bond donors (Lipinski definition) is 1. The van der Waals surface area contributed by atoms with Gasteiger partial charge in [0.05, 0.1) is 6.04 Å². The zero-order valence-corrected chi connectivity index (χ0v) is 11.6. The molecule has 19 heavy (non-hydrogen) atoms. The van der Waals surface area contributed by atoms with Crippen molar-refractivity contribution in [3.8, 4) is 0 Å². The molecule has 3 rings (SSSR count). The van der Waals surface area contributed by atoms with E-state index >= 15 is 0 Å². The smallest absolute Gasteiger partial charge is 0.319 e. The maximum absolute atomic E-state index is 12.4. The highest BCUT2D eigenvalue weighted by atomic mass is 16.2. The molecule has 2 amide bonds. The Labute approximate surface area is 114 Å². The van der Waals surface area contributed by atoms with E-state index < -0.39 is 0 Å². The standard InChI is InChI=1S/C15H21N3O/c1-11-3-5-12(6-4-11)14-10-18(15(19)17(14)2)13-7-8-16-9-13/h3-6,13-14,16H,7-10H2,1-2H3. The molecule has 2 aliphatic heterocycles. The highest BCUT2D eigenvalue weighted by molar-refractivity contribution is 5.77. The van der Waals surface area contributed by atoms with E-state index in [1.165, 1.54) is 11.1 Å². The lowest BCUT2D eigenvalue weighted by Crippen LogP contribution is -2.39. The van der Waals surface area contributed by atoms with E-state index in [4.69, 9.17) is 0 Å². The normalized spacial score (nSPS) is 27.4. The molecule has 102 valence electrons. The zero-order valence-electron chi connectivity index (χ0n) is 11.6. The topological polar surface area (TPSA) is 35.6 Å². The maximum Gasteiger partial charge on any atom is 0.320 e. The van der Waals surface area contributed by atoms with Crippen LogP contribution in [-0.4, -0.2) is 48.6 Å². The van der Waals surface area contributed by atoms with Crippen molar-refractivity contribution in [2.75, 3.05) is 26.7 Å². The van der Waals surface area contributed by atoms with Crippen molar-refractivity contribution in [2.24, 2.45) is 0 Å². The molecule has 2 atom stereocenters. The number of nitrogens with one attached hydrogen (secondary N) is 1. The van der Waals surface area contributed by atoms with Gasteiger partial charge in [-0.15, -0.1) is 0 Å². The van der Waals surface area contributed by atoms with Gasteiger partial charge in [-0.1, -0.05) is 29.8 Å². The number of amides is 2. The first-order valence-corrected chi connectivity index (χ1v) is 6.97. The lowest BCUT2D eigenvalue weighted by atomic mass is 10.0. The quantitative estimate of drug-likeness (QED) is 0.878. The van der Waals surface area contributed by atoms with E-state index in [-0.39, 0.29) is 12.1 Å². The summed E-state index contributed by atoms with van der Waals surface area (Å²) in [7, 11) is 1.91. The van der Waals surface area contributed by atoms with Crippen LogP contribution in [-0.2, 0) is 0 Å². The van der Waals surface area contributed by atoms with E-state index in [1.54, 1.807) is 0 Å². The molecule has 4 heteroatoms. The van der Waals surface area contributed by atoms with E-state index in [1.807, 2.05) is 16.8 Å². The molecule has 0 aliphatic carbocycles. The van der Waals surface area contributed by atoms with E-state index in [9.17, 15) is 4.79 Å². The lowest BCUT2D eigenvalue weighted by Gasteiger charge is -2.22. The summed E-state index contributed by atoms with van der Waals surface area (Å²) in [6, 6.07) is 9.24. The van der Waals surface area contributed by atoms with E-state index in [0.29, 0.717) is 6.04 Å². The number of likely N-dealkylation sites (N-methyl/N-ethyl adjacent to an activating group) is 1. The van der Waals surface area contributed by atoms with E-state index in [0.717, 1.165) is 26.1 Å². The fraction of sp³-hybridized carbons (Fsp3) is 0.533. The number of aryl methyl sites for hydroxylation is 1. The molecule has 0 aromatic heterocycles. The lowest BCUT2D eigenvalue weighted by molar-refractivity contribution is 0.184. The number of carbonyl (C=O) groups excluding carboxylic acids is 1. The third-order valence-corrected chi connectivity index (χ3v) is 4.32. The molecule has 2 aliphatic rings. The number of rotatable bonds is 2. The van der Waals surface area contributed by atoms with Crippen LogP contribution < -0.4 is 5.32 Å². The SMILES string of the molecule is Cc1ccc(C2CN(C3CCNC3)C(=O)N2C)cc1. The van der Waals surface area contributed by atoms with E-state index in [2.05, 4.69) is 36.5 Å². The predicted octanol–water partition coefficient (Wildman–Crippen LogP) is 1.77. The van der Waals surface area contributed by atoms with Gasteiger partial charge in [-0.25, -0.2) is 4.79 Å². The first-order valence-electron chi connectivity index (χ1n) is 6.97. The Bertz CT molecular complexity index is 465. The van der Waals surface area contributed by atoms with Gasteiger partial charge in [0.15, 0.2) is 0 Å². The number of nitrogens with zero attached hydrogens (tertiary/aromatic N) is 2. The number of urea groups is 1. The second-order valence-electron chi connectivity index (χ2n) is 5.62. The zero-order chi connectivity index (χ0) is 13.4. The van der Waals surface area contributed by atoms with Crippen LogP contribution in [0.3, 0.4) is 0 Å². The van der Waals surface area contributed by atoms with Crippen LogP contribution in [0.1, 0.15) is 23.6 Å². The van der Waals surface area contributed by atoms with Gasteiger partial charge in [-0.2, -0.15) is 0 Å². The Hall–Kier alpha value is -1.55. The fourth-order valence-corrected chi connectivity index (χ4v) is 3.05. The Morgan fingerprint density at radius 1 is 1.26 bits per heavy atom. The Morgan fingerprint density at radius 3 is 2.63 bits per heavy atom. The van der Waals surface area contributed by atoms with Crippen molar-refractivity contribution >= 4 is 6.03 Å². The molecule has 4 nitrogen and oxygen atoms in total. The molecule has 1 aromatic rings. The summed E-state index contributed by atoms with van der Waals surface area (Å²) in [5, 5.41) is 3.33. The third kappa shape index (κ3) is 2.21. The van der Waals surface area contributed by atoms with Crippen LogP contribution in [0.2, 0.25) is 0 Å². The second-order valence-corrected chi connectivity index (χ2v) is 5.62. The molecule has 0 radical (unpaired) electrons. The van der Waals surface area contributed by atoms with Gasteiger partial charge in [0.1, 0.15) is 0 Å². The molecule has 1 aromatic carbocycles. The van der Waals surface area contributed by atoms with Crippen LogP contribution in [0, 0.1) is 6.92 Å². The predicted molar refractivity (Wildman–Crippen MR) is 75.1 cm³/mol. The molecule has 0 bridgehead atoms. The van der Waals surface area contributed by atoms with Gasteiger partial charge >= 0.3 is 6.03 Å². The summed E-state index contributed by atoms with van der Waals surface area (Å²) in [4.78, 5) is 16.3. The van der Waals surface area contributed by atoms with Crippen molar-refractivity contribution in [2.45, 2.75) is 25.4 Å². The Balaban J connectivity index is 1.80. The molecule has 2 unspecified atom stereocenters. The second kappa shape index (κ2) is 4.85. The average Bonchev–Trinajstić information content (AvgIpc) is 3.02. The number of hydrogen-bond acceptors (Lipinski definition) is 2. The largest absolute Gasteiger partial charge is 0.320 e. The molecule has 0 saturated carbocycles. The van der Waals surface area contributed by atoms with Gasteiger partial charge < -0.3 is 15.1 Å². The highest BCUT2D eigenvalue weighted by Gasteiger charge is 2.39. The monoisotopic (exact) mass is 259 g/mol. The average molecular weight is 259 g/mol. The minimum atomic E-state index is 0.166.